The van der Waals surface area contributed by atoms with Crippen LogP contribution in [0.15, 0.2) is 41.8 Å². The van der Waals surface area contributed by atoms with Crippen molar-refractivity contribution in [1.82, 2.24) is 9.97 Å². The van der Waals surface area contributed by atoms with Gasteiger partial charge in [0.2, 0.25) is 5.91 Å². The summed E-state index contributed by atoms with van der Waals surface area (Å²) in [5.74, 6) is 0.848. The number of hydrogen-bond donors (Lipinski definition) is 2. The first-order valence-electron chi connectivity index (χ1n) is 5.34. The molecule has 2 aromatic rings. The van der Waals surface area contributed by atoms with Gasteiger partial charge < -0.3 is 15.0 Å². The van der Waals surface area contributed by atoms with Gasteiger partial charge in [0.25, 0.3) is 0 Å². The van der Waals surface area contributed by atoms with Gasteiger partial charge in [-0.25, -0.2) is 4.98 Å². The molecule has 0 atom stereocenters. The molecule has 2 rings (SSSR count). The van der Waals surface area contributed by atoms with Crippen LogP contribution in [-0.2, 0) is 4.79 Å². The van der Waals surface area contributed by atoms with Gasteiger partial charge in [0.05, 0.1) is 18.6 Å². The summed E-state index contributed by atoms with van der Waals surface area (Å²) in [6.07, 6.45) is 3.38. The molecule has 1 aromatic heterocycles. The zero-order chi connectivity index (χ0) is 12.8. The summed E-state index contributed by atoms with van der Waals surface area (Å²) < 4.78 is 5.16. The van der Waals surface area contributed by atoms with Crippen LogP contribution >= 0.6 is 11.8 Å². The topological polar surface area (TPSA) is 67.0 Å². The molecule has 0 aliphatic heterocycles. The van der Waals surface area contributed by atoms with Crippen molar-refractivity contribution >= 4 is 23.4 Å². The number of carbonyl (C=O) groups is 1. The number of carbonyl (C=O) groups excluding carboxylic acids is 1. The van der Waals surface area contributed by atoms with E-state index in [1.54, 1.807) is 31.6 Å². The van der Waals surface area contributed by atoms with Crippen molar-refractivity contribution in [2.45, 2.75) is 5.16 Å². The number of rotatable bonds is 5. The van der Waals surface area contributed by atoms with Crippen LogP contribution in [0.2, 0.25) is 0 Å². The Labute approximate surface area is 109 Å². The monoisotopic (exact) mass is 263 g/mol. The van der Waals surface area contributed by atoms with Gasteiger partial charge in [0.1, 0.15) is 5.75 Å². The molecular formula is C12H13N3O2S. The minimum atomic E-state index is -0.0964. The Morgan fingerprint density at radius 2 is 2.33 bits per heavy atom. The average Bonchev–Trinajstić information content (AvgIpc) is 2.90. The second kappa shape index (κ2) is 6.11. The number of ether oxygens (including phenoxy) is 1. The van der Waals surface area contributed by atoms with Gasteiger partial charge in [0, 0.05) is 12.4 Å². The van der Waals surface area contributed by atoms with E-state index in [4.69, 9.17) is 4.74 Å². The summed E-state index contributed by atoms with van der Waals surface area (Å²) in [6.45, 7) is 0. The smallest absolute Gasteiger partial charge is 0.234 e. The van der Waals surface area contributed by atoms with E-state index in [1.807, 2.05) is 12.1 Å². The molecule has 6 heteroatoms. The summed E-state index contributed by atoms with van der Waals surface area (Å²) in [4.78, 5) is 18.7. The molecule has 0 aliphatic carbocycles. The van der Waals surface area contributed by atoms with E-state index >= 15 is 0 Å². The normalized spacial score (nSPS) is 10.1. The van der Waals surface area contributed by atoms with Crippen LogP contribution in [0.4, 0.5) is 5.69 Å². The van der Waals surface area contributed by atoms with Gasteiger partial charge in [-0.15, -0.1) is 0 Å². The van der Waals surface area contributed by atoms with Crippen molar-refractivity contribution in [3.05, 3.63) is 36.7 Å². The number of aromatic amines is 1. The summed E-state index contributed by atoms with van der Waals surface area (Å²) in [5.41, 5.74) is 0.671. The van der Waals surface area contributed by atoms with Gasteiger partial charge in [0.15, 0.2) is 5.16 Å². The van der Waals surface area contributed by atoms with E-state index in [0.29, 0.717) is 17.2 Å². The fourth-order valence-electron chi connectivity index (χ4n) is 1.40. The third-order valence-corrected chi connectivity index (χ3v) is 3.10. The van der Waals surface area contributed by atoms with Crippen molar-refractivity contribution in [3.8, 4) is 5.75 Å². The van der Waals surface area contributed by atoms with Crippen LogP contribution in [0.5, 0.6) is 5.75 Å². The number of imidazole rings is 1. The molecule has 2 N–H and O–H groups in total. The van der Waals surface area contributed by atoms with E-state index in [9.17, 15) is 4.79 Å². The largest absolute Gasteiger partial charge is 0.495 e. The van der Waals surface area contributed by atoms with Crippen molar-refractivity contribution in [2.75, 3.05) is 18.2 Å². The van der Waals surface area contributed by atoms with Gasteiger partial charge in [-0.3, -0.25) is 4.79 Å². The standard InChI is InChI=1S/C12H13N3O2S/c1-17-10-5-3-2-4-9(10)15-11(16)8-18-12-13-6-7-14-12/h2-7H,8H2,1H3,(H,13,14)(H,15,16). The van der Waals surface area contributed by atoms with Gasteiger partial charge >= 0.3 is 0 Å². The number of hydrogen-bond acceptors (Lipinski definition) is 4. The van der Waals surface area contributed by atoms with Crippen molar-refractivity contribution in [2.24, 2.45) is 0 Å². The molecule has 1 amide bonds. The Kier molecular flexibility index (Phi) is 4.25. The third kappa shape index (κ3) is 3.27. The lowest BCUT2D eigenvalue weighted by Gasteiger charge is -2.09. The predicted molar refractivity (Wildman–Crippen MR) is 70.9 cm³/mol. The number of methoxy groups -OCH3 is 1. The molecule has 1 aromatic carbocycles. The Hall–Kier alpha value is -1.95. The van der Waals surface area contributed by atoms with E-state index in [2.05, 4.69) is 15.3 Å². The maximum atomic E-state index is 11.7. The number of benzene rings is 1. The van der Waals surface area contributed by atoms with Crippen LogP contribution in [0.3, 0.4) is 0 Å². The van der Waals surface area contributed by atoms with Crippen LogP contribution in [-0.4, -0.2) is 28.7 Å². The molecule has 5 nitrogen and oxygen atoms in total. The number of H-pyrrole nitrogens is 1. The summed E-state index contributed by atoms with van der Waals surface area (Å²) >= 11 is 1.35. The lowest BCUT2D eigenvalue weighted by atomic mass is 10.3. The fourth-order valence-corrected chi connectivity index (χ4v) is 2.02. The lowest BCUT2D eigenvalue weighted by molar-refractivity contribution is -0.113. The highest BCUT2D eigenvalue weighted by Crippen LogP contribution is 2.23. The molecule has 18 heavy (non-hydrogen) atoms. The molecule has 0 aliphatic rings. The molecule has 0 spiro atoms. The fraction of sp³-hybridized carbons (Fsp3) is 0.167. The molecule has 0 fully saturated rings. The molecule has 0 radical (unpaired) electrons. The molecule has 1 heterocycles. The predicted octanol–water partition coefficient (Wildman–Crippen LogP) is 2.15. The van der Waals surface area contributed by atoms with Gasteiger partial charge in [-0.1, -0.05) is 23.9 Å². The molecule has 0 saturated carbocycles. The maximum Gasteiger partial charge on any atom is 0.234 e. The summed E-state index contributed by atoms with van der Waals surface area (Å²) in [5, 5.41) is 3.52. The second-order valence-corrected chi connectivity index (χ2v) is 4.40. The minimum absolute atomic E-state index is 0.0964. The number of nitrogens with zero attached hydrogens (tertiary/aromatic N) is 1. The maximum absolute atomic E-state index is 11.7. The quantitative estimate of drug-likeness (QED) is 0.811. The highest BCUT2D eigenvalue weighted by Gasteiger charge is 2.07. The summed E-state index contributed by atoms with van der Waals surface area (Å²) in [7, 11) is 1.57. The first kappa shape index (κ1) is 12.5. The van der Waals surface area contributed by atoms with Gasteiger partial charge in [-0.2, -0.15) is 0 Å². The van der Waals surface area contributed by atoms with Crippen LogP contribution in [0.1, 0.15) is 0 Å². The second-order valence-electron chi connectivity index (χ2n) is 3.43. The Balaban J connectivity index is 1.90. The summed E-state index contributed by atoms with van der Waals surface area (Å²) in [6, 6.07) is 7.30. The van der Waals surface area contributed by atoms with Crippen molar-refractivity contribution < 1.29 is 9.53 Å². The first-order chi connectivity index (χ1) is 8.79. The van der Waals surface area contributed by atoms with E-state index < -0.39 is 0 Å². The van der Waals surface area contributed by atoms with Crippen LogP contribution in [0, 0.1) is 0 Å². The van der Waals surface area contributed by atoms with Crippen molar-refractivity contribution in [1.29, 1.82) is 0 Å². The number of aromatic nitrogens is 2. The van der Waals surface area contributed by atoms with E-state index in [1.165, 1.54) is 11.8 Å². The Bertz CT molecular complexity index is 514. The number of thioether (sulfide) groups is 1. The highest BCUT2D eigenvalue weighted by atomic mass is 32.2. The Morgan fingerprint density at radius 3 is 3.06 bits per heavy atom. The van der Waals surface area contributed by atoms with Crippen LogP contribution < -0.4 is 10.1 Å². The molecule has 0 saturated heterocycles. The molecule has 0 unspecified atom stereocenters. The highest BCUT2D eigenvalue weighted by molar-refractivity contribution is 7.99. The lowest BCUT2D eigenvalue weighted by Crippen LogP contribution is -2.14. The minimum Gasteiger partial charge on any atom is -0.495 e. The number of amides is 1. The number of anilines is 1. The van der Waals surface area contributed by atoms with E-state index in [-0.39, 0.29) is 5.91 Å². The molecule has 0 bridgehead atoms. The number of nitrogens with one attached hydrogen (secondary N) is 2. The third-order valence-electron chi connectivity index (χ3n) is 2.19. The Morgan fingerprint density at radius 1 is 1.50 bits per heavy atom. The zero-order valence-electron chi connectivity index (χ0n) is 9.84. The molecular weight excluding hydrogens is 250 g/mol. The van der Waals surface area contributed by atoms with Crippen molar-refractivity contribution in [3.63, 3.8) is 0 Å². The number of para-hydroxylation sites is 2. The van der Waals surface area contributed by atoms with E-state index in [0.717, 1.165) is 5.16 Å². The SMILES string of the molecule is COc1ccccc1NC(=O)CSc1ncc[nH]1. The van der Waals surface area contributed by atoms with Crippen LogP contribution in [0.25, 0.3) is 0 Å². The zero-order valence-corrected chi connectivity index (χ0v) is 10.7. The average molecular weight is 263 g/mol. The molecule has 94 valence electrons. The first-order valence-corrected chi connectivity index (χ1v) is 6.33. The van der Waals surface area contributed by atoms with Gasteiger partial charge in [-0.05, 0) is 12.1 Å².